The fourth-order valence-electron chi connectivity index (χ4n) is 3.68. The molecular weight excluding hydrogens is 430 g/mol. The van der Waals surface area contributed by atoms with Gasteiger partial charge < -0.3 is 9.84 Å². The zero-order valence-electron chi connectivity index (χ0n) is 17.7. The molecule has 4 rings (SSSR count). The molecule has 1 fully saturated rings. The fourth-order valence-corrected chi connectivity index (χ4v) is 3.68. The summed E-state index contributed by atoms with van der Waals surface area (Å²) in [5.74, 6) is -3.81. The Morgan fingerprint density at radius 3 is 2.64 bits per heavy atom. The first kappa shape index (κ1) is 22.1. The van der Waals surface area contributed by atoms with Gasteiger partial charge in [0.2, 0.25) is 0 Å². The second-order valence-electron chi connectivity index (χ2n) is 7.40. The number of carbonyl (C=O) groups is 2. The molecule has 0 saturated carbocycles. The van der Waals surface area contributed by atoms with Crippen molar-refractivity contribution in [3.8, 4) is 5.75 Å². The number of carbonyl (C=O) groups excluding carboxylic acids is 2. The van der Waals surface area contributed by atoms with Crippen LogP contribution in [0, 0.1) is 11.6 Å². The first-order chi connectivity index (χ1) is 15.9. The molecule has 1 aliphatic rings. The number of hydrogen-bond donors (Lipinski definition) is 1. The van der Waals surface area contributed by atoms with Gasteiger partial charge in [-0.1, -0.05) is 25.1 Å². The number of Topliss-reactive ketones (excluding diaryl/α,β-unsaturated/α-hetero) is 1. The van der Waals surface area contributed by atoms with Crippen LogP contribution in [0.5, 0.6) is 5.75 Å². The molecule has 1 amide bonds. The van der Waals surface area contributed by atoms with Crippen molar-refractivity contribution in [3.05, 3.63) is 95.3 Å². The summed E-state index contributed by atoms with van der Waals surface area (Å²) in [6.07, 6.45) is 2.22. The second-order valence-corrected chi connectivity index (χ2v) is 7.40. The second kappa shape index (κ2) is 9.20. The molecule has 1 atom stereocenters. The molecule has 0 bridgehead atoms. The number of ketones is 1. The lowest BCUT2D eigenvalue weighted by Crippen LogP contribution is -2.30. The summed E-state index contributed by atoms with van der Waals surface area (Å²) < 4.78 is 34.2. The van der Waals surface area contributed by atoms with Crippen LogP contribution in [0.1, 0.15) is 30.6 Å². The Balaban J connectivity index is 1.91. The van der Waals surface area contributed by atoms with E-state index in [-0.39, 0.29) is 16.8 Å². The van der Waals surface area contributed by atoms with E-state index >= 15 is 0 Å². The predicted octanol–water partition coefficient (Wildman–Crippen LogP) is 4.77. The quantitative estimate of drug-likeness (QED) is 0.332. The van der Waals surface area contributed by atoms with Crippen LogP contribution in [0.15, 0.2) is 72.4 Å². The van der Waals surface area contributed by atoms with E-state index < -0.39 is 40.8 Å². The number of aliphatic hydroxyl groups excluding tert-OH is 1. The first-order valence-electron chi connectivity index (χ1n) is 10.3. The van der Waals surface area contributed by atoms with Gasteiger partial charge in [0, 0.05) is 17.8 Å². The average Bonchev–Trinajstić information content (AvgIpc) is 3.10. The lowest BCUT2D eigenvalue weighted by Gasteiger charge is -2.25. The van der Waals surface area contributed by atoms with Gasteiger partial charge in [0.15, 0.2) is 0 Å². The Morgan fingerprint density at radius 2 is 1.91 bits per heavy atom. The van der Waals surface area contributed by atoms with Crippen LogP contribution >= 0.6 is 0 Å². The molecule has 1 N–H and O–H groups in total. The minimum atomic E-state index is -1.26. The number of pyridine rings is 1. The maximum Gasteiger partial charge on any atom is 0.300 e. The van der Waals surface area contributed by atoms with Gasteiger partial charge in [-0.05, 0) is 42.8 Å². The summed E-state index contributed by atoms with van der Waals surface area (Å²) in [4.78, 5) is 31.1. The van der Waals surface area contributed by atoms with E-state index in [2.05, 4.69) is 4.98 Å². The highest BCUT2D eigenvalue weighted by Gasteiger charge is 2.48. The molecule has 6 nitrogen and oxygen atoms in total. The third-order valence-corrected chi connectivity index (χ3v) is 5.16. The Bertz CT molecular complexity index is 1240. The normalized spacial score (nSPS) is 17.4. The molecule has 3 aromatic rings. The molecule has 168 valence electrons. The molecule has 0 radical (unpaired) electrons. The highest BCUT2D eigenvalue weighted by Crippen LogP contribution is 2.42. The Labute approximate surface area is 188 Å². The number of ether oxygens (including phenoxy) is 1. The van der Waals surface area contributed by atoms with Crippen molar-refractivity contribution in [1.82, 2.24) is 4.98 Å². The van der Waals surface area contributed by atoms with Crippen molar-refractivity contribution in [3.63, 3.8) is 0 Å². The van der Waals surface area contributed by atoms with Crippen molar-refractivity contribution in [2.75, 3.05) is 11.5 Å². The van der Waals surface area contributed by atoms with Gasteiger partial charge in [-0.15, -0.1) is 0 Å². The first-order valence-corrected chi connectivity index (χ1v) is 10.3. The van der Waals surface area contributed by atoms with E-state index in [1.54, 1.807) is 30.3 Å². The summed E-state index contributed by atoms with van der Waals surface area (Å²) in [5.41, 5.74) is -0.260. The van der Waals surface area contributed by atoms with Crippen LogP contribution in [0.3, 0.4) is 0 Å². The molecular formula is C25H20F2N2O4. The average molecular weight is 450 g/mol. The Morgan fingerprint density at radius 1 is 1.09 bits per heavy atom. The van der Waals surface area contributed by atoms with Crippen LogP contribution in [-0.2, 0) is 9.59 Å². The maximum absolute atomic E-state index is 14.6. The van der Waals surface area contributed by atoms with Gasteiger partial charge in [0.1, 0.15) is 29.2 Å². The number of anilines is 1. The summed E-state index contributed by atoms with van der Waals surface area (Å²) in [6, 6.07) is 12.6. The third-order valence-electron chi connectivity index (χ3n) is 5.16. The smallest absolute Gasteiger partial charge is 0.300 e. The minimum absolute atomic E-state index is 0.209. The molecule has 1 aromatic heterocycles. The molecule has 2 heterocycles. The van der Waals surface area contributed by atoms with Gasteiger partial charge in [0.05, 0.1) is 23.6 Å². The summed E-state index contributed by atoms with van der Waals surface area (Å²) in [7, 11) is 0. The number of rotatable bonds is 6. The largest absolute Gasteiger partial charge is 0.507 e. The fraction of sp³-hybridized carbons (Fsp3) is 0.160. The van der Waals surface area contributed by atoms with Crippen LogP contribution in [0.2, 0.25) is 0 Å². The molecule has 8 heteroatoms. The Kier molecular flexibility index (Phi) is 6.17. The highest BCUT2D eigenvalue weighted by atomic mass is 19.1. The number of aliphatic hydroxyl groups is 1. The third kappa shape index (κ3) is 4.19. The van der Waals surface area contributed by atoms with Crippen LogP contribution in [0.25, 0.3) is 5.76 Å². The summed E-state index contributed by atoms with van der Waals surface area (Å²) >= 11 is 0. The Hall–Kier alpha value is -4.07. The standard InChI is InChI=1S/C25H20F2N2O4/c1-2-12-33-17-7-5-6-15(13-17)23(30)21-22(19-8-3-4-11-28-19)29(25(32)24(21)31)20-14-16(26)9-10-18(20)27/h3-11,13-14,22,30H,2,12H2,1H3/b23-21+. The molecule has 1 saturated heterocycles. The monoisotopic (exact) mass is 450 g/mol. The molecule has 2 aromatic carbocycles. The number of benzene rings is 2. The van der Waals surface area contributed by atoms with Crippen molar-refractivity contribution < 1.29 is 28.2 Å². The van der Waals surface area contributed by atoms with Crippen LogP contribution in [0.4, 0.5) is 14.5 Å². The van der Waals surface area contributed by atoms with E-state index in [9.17, 15) is 23.5 Å². The summed E-state index contributed by atoms with van der Waals surface area (Å²) in [6.45, 7) is 2.41. The van der Waals surface area contributed by atoms with Gasteiger partial charge >= 0.3 is 0 Å². The van der Waals surface area contributed by atoms with E-state index in [1.807, 2.05) is 6.92 Å². The van der Waals surface area contributed by atoms with Gasteiger partial charge in [-0.3, -0.25) is 19.5 Å². The highest BCUT2D eigenvalue weighted by molar-refractivity contribution is 6.51. The van der Waals surface area contributed by atoms with Gasteiger partial charge in [-0.2, -0.15) is 0 Å². The lowest BCUT2D eigenvalue weighted by atomic mass is 9.98. The zero-order chi connectivity index (χ0) is 23.5. The summed E-state index contributed by atoms with van der Waals surface area (Å²) in [5, 5.41) is 11.1. The predicted molar refractivity (Wildman–Crippen MR) is 118 cm³/mol. The van der Waals surface area contributed by atoms with Crippen LogP contribution in [-0.4, -0.2) is 28.4 Å². The maximum atomic E-state index is 14.6. The van der Waals surface area contributed by atoms with Crippen molar-refractivity contribution in [2.45, 2.75) is 19.4 Å². The van der Waals surface area contributed by atoms with Gasteiger partial charge in [-0.25, -0.2) is 8.78 Å². The number of halogens is 2. The zero-order valence-corrected chi connectivity index (χ0v) is 17.7. The SMILES string of the molecule is CCCOc1cccc(/C(O)=C2\C(=O)C(=O)N(c3cc(F)ccc3F)C2c2ccccn2)c1. The lowest BCUT2D eigenvalue weighted by molar-refractivity contribution is -0.132. The van der Waals surface area contributed by atoms with Crippen molar-refractivity contribution in [2.24, 2.45) is 0 Å². The minimum Gasteiger partial charge on any atom is -0.507 e. The molecule has 0 spiro atoms. The molecule has 1 unspecified atom stereocenters. The number of amides is 1. The molecule has 33 heavy (non-hydrogen) atoms. The topological polar surface area (TPSA) is 79.7 Å². The van der Waals surface area contributed by atoms with Crippen LogP contribution < -0.4 is 9.64 Å². The molecule has 1 aliphatic heterocycles. The van der Waals surface area contributed by atoms with Crippen molar-refractivity contribution in [1.29, 1.82) is 0 Å². The molecule has 0 aliphatic carbocycles. The van der Waals surface area contributed by atoms with E-state index in [1.165, 1.54) is 18.3 Å². The van der Waals surface area contributed by atoms with E-state index in [0.29, 0.717) is 12.4 Å². The van der Waals surface area contributed by atoms with E-state index in [4.69, 9.17) is 4.74 Å². The number of aromatic nitrogens is 1. The van der Waals surface area contributed by atoms with Gasteiger partial charge in [0.25, 0.3) is 11.7 Å². The number of hydrogen-bond acceptors (Lipinski definition) is 5. The number of nitrogens with zero attached hydrogens (tertiary/aromatic N) is 2. The van der Waals surface area contributed by atoms with Crippen molar-refractivity contribution >= 4 is 23.1 Å². The van der Waals surface area contributed by atoms with E-state index in [0.717, 1.165) is 29.5 Å².